The van der Waals surface area contributed by atoms with E-state index in [4.69, 9.17) is 4.99 Å². The number of nitrogens with one attached hydrogen (secondary N) is 1. The van der Waals surface area contributed by atoms with Crippen LogP contribution in [0.4, 0.5) is 0 Å². The van der Waals surface area contributed by atoms with Crippen LogP contribution in [0.2, 0.25) is 0 Å². The SMILES string of the molecule is CCCC/C=C/CCCCCCCC1=NCC[N+]1(CC)CCNC(C)=O. The second-order valence-corrected chi connectivity index (χ2v) is 7.61. The monoisotopic (exact) mass is 364 g/mol. The van der Waals surface area contributed by atoms with Crippen molar-refractivity contribution in [1.29, 1.82) is 0 Å². The zero-order valence-electron chi connectivity index (χ0n) is 17.6. The number of likely N-dealkylation sites (N-methyl/N-ethyl adjacent to an activating group) is 1. The molecule has 0 saturated carbocycles. The number of aliphatic imine (C=N–C) groups is 1. The highest BCUT2D eigenvalue weighted by Crippen LogP contribution is 2.19. The van der Waals surface area contributed by atoms with Crippen molar-refractivity contribution in [2.75, 3.05) is 32.7 Å². The second-order valence-electron chi connectivity index (χ2n) is 7.61. The Morgan fingerprint density at radius 3 is 2.46 bits per heavy atom. The molecule has 1 aliphatic rings. The summed E-state index contributed by atoms with van der Waals surface area (Å²) in [6, 6.07) is 0. The molecule has 0 aliphatic carbocycles. The summed E-state index contributed by atoms with van der Waals surface area (Å²) in [6.07, 6.45) is 17.5. The van der Waals surface area contributed by atoms with Crippen LogP contribution in [0.25, 0.3) is 0 Å². The minimum Gasteiger partial charge on any atom is -0.351 e. The van der Waals surface area contributed by atoms with Gasteiger partial charge < -0.3 is 5.32 Å². The Labute approximate surface area is 161 Å². The van der Waals surface area contributed by atoms with E-state index >= 15 is 0 Å². The smallest absolute Gasteiger partial charge is 0.217 e. The van der Waals surface area contributed by atoms with Crippen molar-refractivity contribution in [2.24, 2.45) is 4.99 Å². The van der Waals surface area contributed by atoms with E-state index in [1.54, 1.807) is 6.92 Å². The molecule has 0 aromatic heterocycles. The number of hydrogen-bond donors (Lipinski definition) is 1. The van der Waals surface area contributed by atoms with Gasteiger partial charge in [-0.3, -0.25) is 9.28 Å². The number of carbonyl (C=O) groups is 1. The third kappa shape index (κ3) is 8.98. The Balaban J connectivity index is 2.15. The predicted molar refractivity (Wildman–Crippen MR) is 113 cm³/mol. The van der Waals surface area contributed by atoms with Crippen LogP contribution >= 0.6 is 0 Å². The molecule has 26 heavy (non-hydrogen) atoms. The van der Waals surface area contributed by atoms with Crippen LogP contribution in [0.5, 0.6) is 0 Å². The topological polar surface area (TPSA) is 41.5 Å². The Kier molecular flexibility index (Phi) is 12.3. The molecule has 1 unspecified atom stereocenters. The third-order valence-corrected chi connectivity index (χ3v) is 5.55. The van der Waals surface area contributed by atoms with Crippen LogP contribution in [-0.4, -0.2) is 48.9 Å². The molecule has 1 amide bonds. The van der Waals surface area contributed by atoms with Gasteiger partial charge in [-0.25, -0.2) is 4.99 Å². The first-order valence-electron chi connectivity index (χ1n) is 10.9. The van der Waals surface area contributed by atoms with E-state index in [2.05, 4.69) is 31.3 Å². The van der Waals surface area contributed by atoms with Gasteiger partial charge >= 0.3 is 0 Å². The molecule has 0 saturated heterocycles. The van der Waals surface area contributed by atoms with E-state index in [-0.39, 0.29) is 5.91 Å². The summed E-state index contributed by atoms with van der Waals surface area (Å²) in [6.45, 7) is 11.0. The Bertz CT molecular complexity index is 445. The lowest BCUT2D eigenvalue weighted by atomic mass is 10.1. The number of unbranched alkanes of at least 4 members (excludes halogenated alkanes) is 7. The molecule has 0 aromatic rings. The van der Waals surface area contributed by atoms with Gasteiger partial charge in [-0.2, -0.15) is 0 Å². The maximum atomic E-state index is 11.1. The third-order valence-electron chi connectivity index (χ3n) is 5.55. The molecule has 0 radical (unpaired) electrons. The lowest BCUT2D eigenvalue weighted by Crippen LogP contribution is -2.54. The Hall–Kier alpha value is -1.16. The number of carbonyl (C=O) groups excluding carboxylic acids is 1. The molecule has 1 rings (SSSR count). The molecule has 4 nitrogen and oxygen atoms in total. The van der Waals surface area contributed by atoms with E-state index in [9.17, 15) is 4.79 Å². The highest BCUT2D eigenvalue weighted by Gasteiger charge is 2.35. The first-order valence-corrected chi connectivity index (χ1v) is 10.9. The van der Waals surface area contributed by atoms with Crippen molar-refractivity contribution in [2.45, 2.75) is 85.0 Å². The van der Waals surface area contributed by atoms with Crippen LogP contribution in [0.3, 0.4) is 0 Å². The second kappa shape index (κ2) is 14.0. The average molecular weight is 365 g/mol. The van der Waals surface area contributed by atoms with Gasteiger partial charge in [-0.15, -0.1) is 0 Å². The molecule has 1 N–H and O–H groups in total. The van der Waals surface area contributed by atoms with Crippen molar-refractivity contribution < 1.29 is 9.28 Å². The van der Waals surface area contributed by atoms with Crippen molar-refractivity contribution >= 4 is 11.7 Å². The summed E-state index contributed by atoms with van der Waals surface area (Å²) in [7, 11) is 0. The molecule has 0 aromatic carbocycles. The van der Waals surface area contributed by atoms with Gasteiger partial charge in [-0.1, -0.05) is 51.2 Å². The quantitative estimate of drug-likeness (QED) is 0.252. The fourth-order valence-electron chi connectivity index (χ4n) is 3.78. The zero-order valence-corrected chi connectivity index (χ0v) is 17.6. The Morgan fingerprint density at radius 2 is 1.77 bits per heavy atom. The van der Waals surface area contributed by atoms with Gasteiger partial charge in [-0.05, 0) is 32.6 Å². The molecule has 0 spiro atoms. The van der Waals surface area contributed by atoms with E-state index in [1.165, 1.54) is 63.6 Å². The fraction of sp³-hybridized carbons (Fsp3) is 0.818. The fourth-order valence-corrected chi connectivity index (χ4v) is 3.78. The highest BCUT2D eigenvalue weighted by atomic mass is 16.1. The highest BCUT2D eigenvalue weighted by molar-refractivity contribution is 5.77. The van der Waals surface area contributed by atoms with Gasteiger partial charge in [0, 0.05) is 13.3 Å². The molecule has 1 aliphatic heterocycles. The van der Waals surface area contributed by atoms with Gasteiger partial charge in [0.2, 0.25) is 5.91 Å². The minimum absolute atomic E-state index is 0.0668. The van der Waals surface area contributed by atoms with Gasteiger partial charge in [0.25, 0.3) is 0 Å². The number of rotatable bonds is 15. The summed E-state index contributed by atoms with van der Waals surface area (Å²) in [4.78, 5) is 15.9. The minimum atomic E-state index is 0.0668. The molecule has 1 atom stereocenters. The van der Waals surface area contributed by atoms with Crippen molar-refractivity contribution in [1.82, 2.24) is 5.32 Å². The van der Waals surface area contributed by atoms with Gasteiger partial charge in [0.15, 0.2) is 5.84 Å². The van der Waals surface area contributed by atoms with Crippen molar-refractivity contribution in [3.05, 3.63) is 12.2 Å². The summed E-state index contributed by atoms with van der Waals surface area (Å²) in [5, 5.41) is 2.95. The lowest BCUT2D eigenvalue weighted by molar-refractivity contribution is -0.833. The van der Waals surface area contributed by atoms with Crippen molar-refractivity contribution in [3.63, 3.8) is 0 Å². The first-order chi connectivity index (χ1) is 12.6. The van der Waals surface area contributed by atoms with Crippen LogP contribution in [0.1, 0.15) is 85.0 Å². The molecule has 0 fully saturated rings. The number of amidine groups is 1. The predicted octanol–water partition coefficient (Wildman–Crippen LogP) is 4.85. The summed E-state index contributed by atoms with van der Waals surface area (Å²) >= 11 is 0. The summed E-state index contributed by atoms with van der Waals surface area (Å²) in [5.41, 5.74) is 0. The van der Waals surface area contributed by atoms with Crippen LogP contribution in [0, 0.1) is 0 Å². The van der Waals surface area contributed by atoms with Crippen LogP contribution in [0.15, 0.2) is 17.1 Å². The van der Waals surface area contributed by atoms with Gasteiger partial charge in [0.1, 0.15) is 13.1 Å². The maximum Gasteiger partial charge on any atom is 0.217 e. The van der Waals surface area contributed by atoms with E-state index < -0.39 is 0 Å². The molecular formula is C22H42N3O+. The largest absolute Gasteiger partial charge is 0.351 e. The van der Waals surface area contributed by atoms with Crippen molar-refractivity contribution in [3.8, 4) is 0 Å². The summed E-state index contributed by atoms with van der Waals surface area (Å²) in [5.74, 6) is 1.44. The molecule has 4 heteroatoms. The number of allylic oxidation sites excluding steroid dienone is 2. The average Bonchev–Trinajstić information content (AvgIpc) is 3.02. The number of nitrogens with zero attached hydrogens (tertiary/aromatic N) is 2. The Morgan fingerprint density at radius 1 is 1.08 bits per heavy atom. The lowest BCUT2D eigenvalue weighted by Gasteiger charge is -2.33. The van der Waals surface area contributed by atoms with E-state index in [0.717, 1.165) is 43.6 Å². The van der Waals surface area contributed by atoms with Crippen LogP contribution in [-0.2, 0) is 4.79 Å². The number of hydrogen-bond acceptors (Lipinski definition) is 2. The van der Waals surface area contributed by atoms with Gasteiger partial charge in [0.05, 0.1) is 19.6 Å². The maximum absolute atomic E-state index is 11.1. The molecular weight excluding hydrogens is 322 g/mol. The summed E-state index contributed by atoms with van der Waals surface area (Å²) < 4.78 is 0.989. The standard InChI is InChI=1S/C22H41N3O/c1-4-6-7-8-9-10-11-12-13-14-15-16-22-24-18-20-25(22,5-2)19-17-23-21(3)26/h8-9H,4-7,10-20H2,1-3H3/p+1/b9-8+. The first kappa shape index (κ1) is 22.9. The zero-order chi connectivity index (χ0) is 19.1. The molecule has 1 heterocycles. The number of quaternary nitrogens is 1. The molecule has 150 valence electrons. The van der Waals surface area contributed by atoms with E-state index in [0.29, 0.717) is 0 Å². The van der Waals surface area contributed by atoms with E-state index in [1.807, 2.05) is 0 Å². The molecule has 0 bridgehead atoms. The normalized spacial score (nSPS) is 19.9. The number of amides is 1. The van der Waals surface area contributed by atoms with Crippen LogP contribution < -0.4 is 5.32 Å².